The predicted molar refractivity (Wildman–Crippen MR) is 75.2 cm³/mol. The number of cyclic esters (lactones) is 1. The molecule has 6 heteroatoms. The minimum atomic E-state index is -0.795. The van der Waals surface area contributed by atoms with Crippen molar-refractivity contribution in [1.82, 2.24) is 0 Å². The van der Waals surface area contributed by atoms with E-state index in [4.69, 9.17) is 14.2 Å². The van der Waals surface area contributed by atoms with E-state index in [9.17, 15) is 9.59 Å². The molecule has 106 valence electrons. The summed E-state index contributed by atoms with van der Waals surface area (Å²) in [6.45, 7) is 0.292. The largest absolute Gasteiger partial charge is 0.496 e. The van der Waals surface area contributed by atoms with E-state index < -0.39 is 18.0 Å². The highest BCUT2D eigenvalue weighted by Gasteiger charge is 2.29. The fourth-order valence-corrected chi connectivity index (χ4v) is 2.14. The van der Waals surface area contributed by atoms with Crippen LogP contribution in [0, 0.1) is 0 Å². The Balaban J connectivity index is 2.03. The number of hydrogen-bond acceptors (Lipinski definition) is 5. The third kappa shape index (κ3) is 3.60. The van der Waals surface area contributed by atoms with Crippen LogP contribution in [0.15, 0.2) is 28.7 Å². The van der Waals surface area contributed by atoms with Crippen molar-refractivity contribution in [3.05, 3.63) is 34.3 Å². The second kappa shape index (κ2) is 6.56. The van der Waals surface area contributed by atoms with Crippen LogP contribution in [0.2, 0.25) is 0 Å². The number of halogens is 1. The molecular weight excluding hydrogens is 328 g/mol. The number of carbonyl (C=O) groups is 2. The van der Waals surface area contributed by atoms with Crippen LogP contribution in [-0.4, -0.2) is 31.8 Å². The Morgan fingerprint density at radius 2 is 2.30 bits per heavy atom. The summed E-state index contributed by atoms with van der Waals surface area (Å²) in [5, 5.41) is 0. The Bertz CT molecular complexity index is 552. The molecule has 0 radical (unpaired) electrons. The average molecular weight is 341 g/mol. The minimum Gasteiger partial charge on any atom is -0.496 e. The van der Waals surface area contributed by atoms with Gasteiger partial charge in [0.25, 0.3) is 0 Å². The van der Waals surface area contributed by atoms with Gasteiger partial charge in [-0.25, -0.2) is 9.59 Å². The van der Waals surface area contributed by atoms with Gasteiger partial charge < -0.3 is 14.2 Å². The van der Waals surface area contributed by atoms with Gasteiger partial charge in [0.15, 0.2) is 0 Å². The van der Waals surface area contributed by atoms with Crippen LogP contribution < -0.4 is 4.74 Å². The Hall–Kier alpha value is -1.82. The van der Waals surface area contributed by atoms with E-state index in [-0.39, 0.29) is 0 Å². The predicted octanol–water partition coefficient (Wildman–Crippen LogP) is 2.33. The summed E-state index contributed by atoms with van der Waals surface area (Å²) in [4.78, 5) is 22.8. The smallest absolute Gasteiger partial charge is 0.347 e. The van der Waals surface area contributed by atoms with Gasteiger partial charge in [0.2, 0.25) is 6.10 Å². The number of benzene rings is 1. The summed E-state index contributed by atoms with van der Waals surface area (Å²) in [5.74, 6) is -0.444. The fraction of sp³-hybridized carbons (Fsp3) is 0.286. The van der Waals surface area contributed by atoms with Crippen molar-refractivity contribution < 1.29 is 23.8 Å². The lowest BCUT2D eigenvalue weighted by Gasteiger charge is -2.06. The molecule has 0 aromatic heterocycles. The molecule has 0 spiro atoms. The molecule has 1 aliphatic rings. The Morgan fingerprint density at radius 1 is 1.50 bits per heavy atom. The highest BCUT2D eigenvalue weighted by atomic mass is 79.9. The molecule has 0 unspecified atom stereocenters. The van der Waals surface area contributed by atoms with Crippen molar-refractivity contribution in [3.8, 4) is 5.75 Å². The van der Waals surface area contributed by atoms with Gasteiger partial charge in [0.05, 0.1) is 13.7 Å². The summed E-state index contributed by atoms with van der Waals surface area (Å²) < 4.78 is 15.8. The molecule has 1 fully saturated rings. The van der Waals surface area contributed by atoms with E-state index in [2.05, 4.69) is 15.9 Å². The van der Waals surface area contributed by atoms with E-state index in [1.165, 1.54) is 6.08 Å². The molecule has 0 bridgehead atoms. The molecule has 1 aromatic rings. The molecule has 2 rings (SSSR count). The van der Waals surface area contributed by atoms with Crippen LogP contribution >= 0.6 is 15.9 Å². The zero-order chi connectivity index (χ0) is 14.5. The lowest BCUT2D eigenvalue weighted by molar-refractivity contribution is -0.156. The van der Waals surface area contributed by atoms with Crippen molar-refractivity contribution in [2.75, 3.05) is 13.7 Å². The minimum absolute atomic E-state index is 0.292. The average Bonchev–Trinajstić information content (AvgIpc) is 2.82. The van der Waals surface area contributed by atoms with Crippen LogP contribution in [0.1, 0.15) is 12.0 Å². The van der Waals surface area contributed by atoms with Crippen LogP contribution in [0.5, 0.6) is 5.75 Å². The normalized spacial score (nSPS) is 18.1. The number of hydrogen-bond donors (Lipinski definition) is 0. The number of ether oxygens (including phenoxy) is 3. The Morgan fingerprint density at radius 3 is 2.95 bits per heavy atom. The van der Waals surface area contributed by atoms with Crippen LogP contribution in [-0.2, 0) is 19.1 Å². The molecular formula is C14H13BrO5. The van der Waals surface area contributed by atoms with Gasteiger partial charge in [0, 0.05) is 22.5 Å². The number of methoxy groups -OCH3 is 1. The third-order valence-corrected chi connectivity index (χ3v) is 3.23. The number of carbonyl (C=O) groups excluding carboxylic acids is 2. The molecule has 1 atom stereocenters. The van der Waals surface area contributed by atoms with E-state index in [1.807, 2.05) is 12.1 Å². The number of rotatable bonds is 4. The van der Waals surface area contributed by atoms with E-state index in [1.54, 1.807) is 19.3 Å². The van der Waals surface area contributed by atoms with Crippen LogP contribution in [0.4, 0.5) is 0 Å². The zero-order valence-electron chi connectivity index (χ0n) is 10.8. The van der Waals surface area contributed by atoms with Crippen LogP contribution in [0.3, 0.4) is 0 Å². The maximum absolute atomic E-state index is 11.6. The van der Waals surface area contributed by atoms with Gasteiger partial charge in [-0.15, -0.1) is 0 Å². The third-order valence-electron chi connectivity index (χ3n) is 2.74. The van der Waals surface area contributed by atoms with E-state index in [0.29, 0.717) is 18.8 Å². The molecule has 5 nitrogen and oxygen atoms in total. The first-order valence-corrected chi connectivity index (χ1v) is 6.78. The van der Waals surface area contributed by atoms with Crippen molar-refractivity contribution in [3.63, 3.8) is 0 Å². The fourth-order valence-electron chi connectivity index (χ4n) is 1.76. The van der Waals surface area contributed by atoms with Crippen molar-refractivity contribution in [2.24, 2.45) is 0 Å². The summed E-state index contributed by atoms with van der Waals surface area (Å²) >= 11 is 3.34. The first-order valence-electron chi connectivity index (χ1n) is 5.99. The van der Waals surface area contributed by atoms with Gasteiger partial charge in [-0.05, 0) is 24.3 Å². The first kappa shape index (κ1) is 14.6. The van der Waals surface area contributed by atoms with Crippen LogP contribution in [0.25, 0.3) is 6.08 Å². The highest BCUT2D eigenvalue weighted by molar-refractivity contribution is 9.10. The topological polar surface area (TPSA) is 61.8 Å². The van der Waals surface area contributed by atoms with Gasteiger partial charge in [0.1, 0.15) is 5.75 Å². The quantitative estimate of drug-likeness (QED) is 0.621. The Labute approximate surface area is 124 Å². The molecule has 0 amide bonds. The van der Waals surface area contributed by atoms with Gasteiger partial charge >= 0.3 is 11.9 Å². The molecule has 0 aliphatic carbocycles. The lowest BCUT2D eigenvalue weighted by atomic mass is 10.2. The van der Waals surface area contributed by atoms with E-state index in [0.717, 1.165) is 10.0 Å². The van der Waals surface area contributed by atoms with Crippen molar-refractivity contribution >= 4 is 33.9 Å². The van der Waals surface area contributed by atoms with Crippen molar-refractivity contribution in [2.45, 2.75) is 12.5 Å². The molecule has 1 heterocycles. The van der Waals surface area contributed by atoms with Crippen molar-refractivity contribution in [1.29, 1.82) is 0 Å². The summed E-state index contributed by atoms with van der Waals surface area (Å²) in [7, 11) is 1.55. The highest BCUT2D eigenvalue weighted by Crippen LogP contribution is 2.24. The maximum atomic E-state index is 11.6. The maximum Gasteiger partial charge on any atom is 0.347 e. The summed E-state index contributed by atoms with van der Waals surface area (Å²) in [6.07, 6.45) is 2.44. The second-order valence-corrected chi connectivity index (χ2v) is 5.02. The molecule has 1 aromatic carbocycles. The monoisotopic (exact) mass is 340 g/mol. The molecule has 0 N–H and O–H groups in total. The Kier molecular flexibility index (Phi) is 4.79. The van der Waals surface area contributed by atoms with Gasteiger partial charge in [-0.1, -0.05) is 15.9 Å². The molecule has 20 heavy (non-hydrogen) atoms. The zero-order valence-corrected chi connectivity index (χ0v) is 12.4. The van der Waals surface area contributed by atoms with Gasteiger partial charge in [-0.3, -0.25) is 0 Å². The molecule has 1 saturated heterocycles. The first-order chi connectivity index (χ1) is 9.60. The molecule has 0 saturated carbocycles. The summed E-state index contributed by atoms with van der Waals surface area (Å²) in [5.41, 5.74) is 0.729. The summed E-state index contributed by atoms with van der Waals surface area (Å²) in [6, 6.07) is 5.43. The van der Waals surface area contributed by atoms with E-state index >= 15 is 0 Å². The standard InChI is InChI=1S/C14H13BrO5/c1-18-11-4-3-10(15)8-9(11)2-5-13(16)20-12-6-7-19-14(12)17/h2-5,8,12H,6-7H2,1H3/b5-2+/t12-/m0/s1. The molecule has 1 aliphatic heterocycles. The number of esters is 2. The lowest BCUT2D eigenvalue weighted by Crippen LogP contribution is -2.21. The van der Waals surface area contributed by atoms with Gasteiger partial charge in [-0.2, -0.15) is 0 Å². The second-order valence-electron chi connectivity index (χ2n) is 4.10. The SMILES string of the molecule is COc1ccc(Br)cc1/C=C/C(=O)O[C@H]1CCOC1=O.